The van der Waals surface area contributed by atoms with E-state index >= 15 is 0 Å². The van der Waals surface area contributed by atoms with Gasteiger partial charge in [-0.3, -0.25) is 9.69 Å². The highest BCUT2D eigenvalue weighted by Gasteiger charge is 2.48. The predicted octanol–water partition coefficient (Wildman–Crippen LogP) is 3.01. The van der Waals surface area contributed by atoms with Crippen LogP contribution in [0.15, 0.2) is 18.2 Å². The molecule has 0 saturated heterocycles. The molecule has 0 spiro atoms. The van der Waals surface area contributed by atoms with Gasteiger partial charge in [0.1, 0.15) is 16.8 Å². The Bertz CT molecular complexity index is 623. The second-order valence-corrected chi connectivity index (χ2v) is 6.55. The molecule has 0 N–H and O–H groups in total. The first kappa shape index (κ1) is 16.3. The number of hydrogen-bond acceptors (Lipinski definition) is 4. The van der Waals surface area contributed by atoms with Crippen LogP contribution in [0.5, 0.6) is 0 Å². The summed E-state index contributed by atoms with van der Waals surface area (Å²) in [6.07, 6.45) is -0.576. The quantitative estimate of drug-likeness (QED) is 0.748. The summed E-state index contributed by atoms with van der Waals surface area (Å²) < 4.78 is 23.8. The number of halogens is 1. The van der Waals surface area contributed by atoms with Gasteiger partial charge in [-0.2, -0.15) is 0 Å². The van der Waals surface area contributed by atoms with Crippen molar-refractivity contribution >= 4 is 17.7 Å². The molecule has 5 nitrogen and oxygen atoms in total. The molecule has 6 heteroatoms. The Hall–Kier alpha value is -2.11. The average molecular weight is 309 g/mol. The predicted molar refractivity (Wildman–Crippen MR) is 79.3 cm³/mol. The molecule has 1 amide bonds. The third kappa shape index (κ3) is 2.77. The van der Waals surface area contributed by atoms with Crippen LogP contribution < -0.4 is 4.90 Å². The van der Waals surface area contributed by atoms with Crippen LogP contribution in [0.4, 0.5) is 14.9 Å². The Kier molecular flexibility index (Phi) is 3.89. The van der Waals surface area contributed by atoms with Crippen LogP contribution in [-0.4, -0.2) is 31.3 Å². The number of ether oxygens (including phenoxy) is 2. The van der Waals surface area contributed by atoms with Gasteiger partial charge in [-0.25, -0.2) is 9.18 Å². The van der Waals surface area contributed by atoms with E-state index in [4.69, 9.17) is 9.47 Å². The summed E-state index contributed by atoms with van der Waals surface area (Å²) in [7, 11) is 1.27. The third-order valence-corrected chi connectivity index (χ3v) is 3.57. The maximum atomic E-state index is 13.6. The molecule has 0 aromatic heterocycles. The number of hydrogen-bond donors (Lipinski definition) is 0. The van der Waals surface area contributed by atoms with Gasteiger partial charge in [0.15, 0.2) is 0 Å². The zero-order chi connectivity index (χ0) is 16.7. The fourth-order valence-electron chi connectivity index (χ4n) is 2.55. The van der Waals surface area contributed by atoms with Gasteiger partial charge in [0.25, 0.3) is 0 Å². The molecule has 1 heterocycles. The minimum atomic E-state index is -1.12. The summed E-state index contributed by atoms with van der Waals surface area (Å²) in [4.78, 5) is 25.8. The molecule has 0 bridgehead atoms. The molecule has 0 aliphatic carbocycles. The second kappa shape index (κ2) is 5.26. The van der Waals surface area contributed by atoms with Gasteiger partial charge in [0.2, 0.25) is 0 Å². The standard InChI is InChI=1S/C16H20FNO4/c1-15(2,3)22-14(20)18-9-16(4,13(19)21-5)11-8-10(17)6-7-12(11)18/h6-8H,9H2,1-5H3. The highest BCUT2D eigenvalue weighted by atomic mass is 19.1. The van der Waals surface area contributed by atoms with Crippen molar-refractivity contribution in [3.05, 3.63) is 29.6 Å². The Morgan fingerprint density at radius 2 is 1.95 bits per heavy atom. The van der Waals surface area contributed by atoms with Gasteiger partial charge in [0.05, 0.1) is 12.8 Å². The third-order valence-electron chi connectivity index (χ3n) is 3.57. The van der Waals surface area contributed by atoms with E-state index in [2.05, 4.69) is 0 Å². The van der Waals surface area contributed by atoms with Crippen molar-refractivity contribution in [1.82, 2.24) is 0 Å². The van der Waals surface area contributed by atoms with E-state index in [0.717, 1.165) is 0 Å². The molecule has 0 radical (unpaired) electrons. The lowest BCUT2D eigenvalue weighted by Crippen LogP contribution is -2.42. The number of carbonyl (C=O) groups is 2. The van der Waals surface area contributed by atoms with Crippen molar-refractivity contribution in [2.75, 3.05) is 18.6 Å². The molecule has 1 aromatic carbocycles. The Balaban J connectivity index is 2.46. The fraction of sp³-hybridized carbons (Fsp3) is 0.500. The maximum Gasteiger partial charge on any atom is 0.414 e. The number of carbonyl (C=O) groups excluding carboxylic acids is 2. The summed E-state index contributed by atoms with van der Waals surface area (Å²) >= 11 is 0. The normalized spacial score (nSPS) is 20.5. The van der Waals surface area contributed by atoms with E-state index in [9.17, 15) is 14.0 Å². The molecule has 1 atom stereocenters. The SMILES string of the molecule is COC(=O)C1(C)CN(C(=O)OC(C)(C)C)c2ccc(F)cc21. The first-order chi connectivity index (χ1) is 10.1. The zero-order valence-electron chi connectivity index (χ0n) is 13.4. The van der Waals surface area contributed by atoms with Crippen molar-refractivity contribution in [2.45, 2.75) is 38.7 Å². The summed E-state index contributed by atoms with van der Waals surface area (Å²) in [5, 5.41) is 0. The number of amides is 1. The van der Waals surface area contributed by atoms with Crippen molar-refractivity contribution in [3.63, 3.8) is 0 Å². The summed E-state index contributed by atoms with van der Waals surface area (Å²) in [5.74, 6) is -0.995. The number of benzene rings is 1. The zero-order valence-corrected chi connectivity index (χ0v) is 13.4. The molecule has 1 aliphatic heterocycles. The van der Waals surface area contributed by atoms with Crippen molar-refractivity contribution < 1.29 is 23.5 Å². The smallest absolute Gasteiger partial charge is 0.414 e. The molecule has 1 unspecified atom stereocenters. The first-order valence-corrected chi connectivity index (χ1v) is 6.97. The number of fused-ring (bicyclic) bond motifs is 1. The fourth-order valence-corrected chi connectivity index (χ4v) is 2.55. The Morgan fingerprint density at radius 3 is 2.50 bits per heavy atom. The van der Waals surface area contributed by atoms with Crippen LogP contribution in [0.3, 0.4) is 0 Å². The molecule has 22 heavy (non-hydrogen) atoms. The summed E-state index contributed by atoms with van der Waals surface area (Å²) in [5.41, 5.74) is -0.904. The largest absolute Gasteiger partial charge is 0.468 e. The first-order valence-electron chi connectivity index (χ1n) is 6.97. The Morgan fingerprint density at radius 1 is 1.32 bits per heavy atom. The van der Waals surface area contributed by atoms with Gasteiger partial charge in [0, 0.05) is 6.54 Å². The minimum Gasteiger partial charge on any atom is -0.468 e. The van der Waals surface area contributed by atoms with E-state index < -0.39 is 28.9 Å². The monoisotopic (exact) mass is 309 g/mol. The highest BCUT2D eigenvalue weighted by Crippen LogP contribution is 2.42. The molecular weight excluding hydrogens is 289 g/mol. The van der Waals surface area contributed by atoms with E-state index in [0.29, 0.717) is 11.3 Å². The van der Waals surface area contributed by atoms with Crippen LogP contribution >= 0.6 is 0 Å². The number of rotatable bonds is 1. The number of nitrogens with zero attached hydrogens (tertiary/aromatic N) is 1. The van der Waals surface area contributed by atoms with Gasteiger partial charge in [-0.15, -0.1) is 0 Å². The summed E-state index contributed by atoms with van der Waals surface area (Å²) in [6, 6.07) is 3.98. The van der Waals surface area contributed by atoms with Crippen LogP contribution in [0.1, 0.15) is 33.3 Å². The molecule has 0 fully saturated rings. The van der Waals surface area contributed by atoms with Crippen LogP contribution in [-0.2, 0) is 19.7 Å². The van der Waals surface area contributed by atoms with Crippen LogP contribution in [0, 0.1) is 5.82 Å². The second-order valence-electron chi connectivity index (χ2n) is 6.55. The highest BCUT2D eigenvalue weighted by molar-refractivity contribution is 5.98. The number of anilines is 1. The van der Waals surface area contributed by atoms with E-state index in [1.807, 2.05) is 0 Å². The van der Waals surface area contributed by atoms with E-state index in [-0.39, 0.29) is 6.54 Å². The Labute approximate surface area is 129 Å². The lowest BCUT2D eigenvalue weighted by atomic mass is 9.84. The molecule has 120 valence electrons. The van der Waals surface area contributed by atoms with Crippen molar-refractivity contribution in [1.29, 1.82) is 0 Å². The minimum absolute atomic E-state index is 0.0490. The number of esters is 1. The van der Waals surface area contributed by atoms with Gasteiger partial charge >= 0.3 is 12.1 Å². The lowest BCUT2D eigenvalue weighted by Gasteiger charge is -2.26. The maximum absolute atomic E-state index is 13.6. The van der Waals surface area contributed by atoms with Crippen molar-refractivity contribution in [2.24, 2.45) is 0 Å². The van der Waals surface area contributed by atoms with E-state index in [1.165, 1.54) is 30.2 Å². The molecule has 1 aliphatic rings. The molecular formula is C16H20FNO4. The molecule has 0 saturated carbocycles. The van der Waals surface area contributed by atoms with Crippen LogP contribution in [0.2, 0.25) is 0 Å². The number of methoxy groups -OCH3 is 1. The van der Waals surface area contributed by atoms with Gasteiger partial charge in [-0.1, -0.05) is 0 Å². The van der Waals surface area contributed by atoms with Gasteiger partial charge in [-0.05, 0) is 51.5 Å². The molecule has 1 aromatic rings. The van der Waals surface area contributed by atoms with Gasteiger partial charge < -0.3 is 9.47 Å². The summed E-state index contributed by atoms with van der Waals surface area (Å²) in [6.45, 7) is 6.94. The topological polar surface area (TPSA) is 55.8 Å². The van der Waals surface area contributed by atoms with Crippen molar-refractivity contribution in [3.8, 4) is 0 Å². The lowest BCUT2D eigenvalue weighted by molar-refractivity contribution is -0.146. The molecule has 2 rings (SSSR count). The van der Waals surface area contributed by atoms with Crippen LogP contribution in [0.25, 0.3) is 0 Å². The average Bonchev–Trinajstić information content (AvgIpc) is 2.70. The van der Waals surface area contributed by atoms with E-state index in [1.54, 1.807) is 27.7 Å².